The normalized spacial score (nSPS) is 10.9. The third kappa shape index (κ3) is 2.48. The predicted molar refractivity (Wildman–Crippen MR) is 84.4 cm³/mol. The molecule has 4 nitrogen and oxygen atoms in total. The lowest BCUT2D eigenvalue weighted by Crippen LogP contribution is -1.95. The highest BCUT2D eigenvalue weighted by Gasteiger charge is 2.13. The molecule has 3 heterocycles. The Bertz CT molecular complexity index is 973. The molecule has 118 valence electrons. The van der Waals surface area contributed by atoms with Gasteiger partial charge in [0.15, 0.2) is 5.76 Å². The Morgan fingerprint density at radius 3 is 2.71 bits per heavy atom. The van der Waals surface area contributed by atoms with Gasteiger partial charge in [-0.15, -0.1) is 0 Å². The second-order valence-electron chi connectivity index (χ2n) is 5.15. The van der Waals surface area contributed by atoms with E-state index in [0.717, 1.165) is 18.0 Å². The summed E-state index contributed by atoms with van der Waals surface area (Å²) >= 11 is 0. The van der Waals surface area contributed by atoms with Gasteiger partial charge in [0, 0.05) is 18.1 Å². The van der Waals surface area contributed by atoms with E-state index in [2.05, 4.69) is 9.97 Å². The zero-order valence-electron chi connectivity index (χ0n) is 12.4. The van der Waals surface area contributed by atoms with Crippen LogP contribution < -0.4 is 0 Å². The van der Waals surface area contributed by atoms with Gasteiger partial charge in [-0.2, -0.15) is 4.39 Å². The van der Waals surface area contributed by atoms with E-state index in [4.69, 9.17) is 4.42 Å². The number of imidazole rings is 1. The van der Waals surface area contributed by atoms with Crippen LogP contribution in [0.3, 0.4) is 0 Å². The third-order valence-corrected chi connectivity index (χ3v) is 3.64. The van der Waals surface area contributed by atoms with E-state index in [9.17, 15) is 8.78 Å². The minimum atomic E-state index is -0.839. The zero-order valence-corrected chi connectivity index (χ0v) is 12.4. The second-order valence-corrected chi connectivity index (χ2v) is 5.15. The molecule has 4 rings (SSSR count). The maximum Gasteiger partial charge on any atom is 0.223 e. The summed E-state index contributed by atoms with van der Waals surface area (Å²) in [4.78, 5) is 7.80. The van der Waals surface area contributed by atoms with Crippen LogP contribution >= 0.6 is 0 Å². The summed E-state index contributed by atoms with van der Waals surface area (Å²) in [6, 6.07) is 11.6. The number of pyridine rings is 1. The monoisotopic (exact) mass is 323 g/mol. The first-order valence-corrected chi connectivity index (χ1v) is 7.21. The van der Waals surface area contributed by atoms with Gasteiger partial charge in [0.2, 0.25) is 5.95 Å². The number of aromatic nitrogens is 3. The van der Waals surface area contributed by atoms with Crippen LogP contribution in [-0.2, 0) is 0 Å². The standard InChI is InChI=1S/C18H11F2N3O/c19-14-6-7-21-18(20)17(14)12-3-1-4-13(9-12)23-10-15(22-11-23)16-5-2-8-24-16/h1-11H. The Balaban J connectivity index is 1.76. The highest BCUT2D eigenvalue weighted by molar-refractivity contribution is 5.66. The number of nitrogens with zero attached hydrogens (tertiary/aromatic N) is 3. The fraction of sp³-hybridized carbons (Fsp3) is 0. The molecule has 4 aromatic rings. The number of benzene rings is 1. The molecule has 0 N–H and O–H groups in total. The van der Waals surface area contributed by atoms with Gasteiger partial charge in [-0.1, -0.05) is 12.1 Å². The first-order valence-electron chi connectivity index (χ1n) is 7.21. The molecular formula is C18H11F2N3O. The van der Waals surface area contributed by atoms with Crippen LogP contribution in [0.5, 0.6) is 0 Å². The zero-order chi connectivity index (χ0) is 16.5. The summed E-state index contributed by atoms with van der Waals surface area (Å²) < 4.78 is 34.9. The molecule has 0 fully saturated rings. The SMILES string of the molecule is Fc1ccnc(F)c1-c1cccc(-n2cnc(-c3ccco3)c2)c1. The Hall–Kier alpha value is -3.28. The number of rotatable bonds is 3. The Morgan fingerprint density at radius 1 is 1.00 bits per heavy atom. The van der Waals surface area contributed by atoms with Crippen LogP contribution in [0.1, 0.15) is 0 Å². The van der Waals surface area contributed by atoms with Crippen molar-refractivity contribution < 1.29 is 13.2 Å². The van der Waals surface area contributed by atoms with E-state index >= 15 is 0 Å². The quantitative estimate of drug-likeness (QED) is 0.522. The summed E-state index contributed by atoms with van der Waals surface area (Å²) in [6.07, 6.45) is 6.08. The lowest BCUT2D eigenvalue weighted by atomic mass is 10.1. The van der Waals surface area contributed by atoms with E-state index in [1.165, 1.54) is 0 Å². The Morgan fingerprint density at radius 2 is 1.92 bits per heavy atom. The molecule has 0 unspecified atom stereocenters. The van der Waals surface area contributed by atoms with Gasteiger partial charge in [-0.05, 0) is 35.9 Å². The maximum atomic E-state index is 13.9. The van der Waals surface area contributed by atoms with E-state index in [0.29, 0.717) is 17.0 Å². The first-order chi connectivity index (χ1) is 11.7. The van der Waals surface area contributed by atoms with Gasteiger partial charge >= 0.3 is 0 Å². The molecule has 0 aliphatic heterocycles. The minimum absolute atomic E-state index is 0.147. The van der Waals surface area contributed by atoms with E-state index < -0.39 is 11.8 Å². The Kier molecular flexibility index (Phi) is 3.42. The van der Waals surface area contributed by atoms with Gasteiger partial charge in [-0.25, -0.2) is 14.4 Å². The average Bonchev–Trinajstić information content (AvgIpc) is 3.26. The molecule has 0 bridgehead atoms. The predicted octanol–water partition coefficient (Wildman–Crippen LogP) is 4.47. The van der Waals surface area contributed by atoms with Crippen molar-refractivity contribution in [3.8, 4) is 28.3 Å². The van der Waals surface area contributed by atoms with Gasteiger partial charge in [-0.3, -0.25) is 0 Å². The molecule has 0 atom stereocenters. The van der Waals surface area contributed by atoms with Gasteiger partial charge in [0.25, 0.3) is 0 Å². The van der Waals surface area contributed by atoms with Crippen LogP contribution in [0.4, 0.5) is 8.78 Å². The van der Waals surface area contributed by atoms with Crippen molar-refractivity contribution in [2.45, 2.75) is 0 Å². The molecule has 3 aromatic heterocycles. The van der Waals surface area contributed by atoms with E-state index in [1.54, 1.807) is 47.6 Å². The lowest BCUT2D eigenvalue weighted by molar-refractivity contribution is 0.558. The summed E-state index contributed by atoms with van der Waals surface area (Å²) in [7, 11) is 0. The van der Waals surface area contributed by atoms with Gasteiger partial charge in [0.05, 0.1) is 11.8 Å². The highest BCUT2D eigenvalue weighted by Crippen LogP contribution is 2.27. The smallest absolute Gasteiger partial charge is 0.223 e. The molecule has 0 aliphatic rings. The fourth-order valence-electron chi connectivity index (χ4n) is 2.51. The molecule has 0 saturated heterocycles. The Labute approximate surface area is 136 Å². The molecule has 0 saturated carbocycles. The largest absolute Gasteiger partial charge is 0.463 e. The molecule has 0 amide bonds. The van der Waals surface area contributed by atoms with Crippen molar-refractivity contribution in [1.29, 1.82) is 0 Å². The van der Waals surface area contributed by atoms with Crippen molar-refractivity contribution in [1.82, 2.24) is 14.5 Å². The van der Waals surface area contributed by atoms with Crippen molar-refractivity contribution in [2.24, 2.45) is 0 Å². The van der Waals surface area contributed by atoms with Crippen molar-refractivity contribution in [3.05, 3.63) is 79.2 Å². The molecule has 0 spiro atoms. The van der Waals surface area contributed by atoms with Crippen molar-refractivity contribution in [3.63, 3.8) is 0 Å². The summed E-state index contributed by atoms with van der Waals surface area (Å²) in [5, 5.41) is 0. The average molecular weight is 323 g/mol. The number of halogens is 2. The molecule has 24 heavy (non-hydrogen) atoms. The topological polar surface area (TPSA) is 43.9 Å². The second kappa shape index (κ2) is 5.73. The summed E-state index contributed by atoms with van der Waals surface area (Å²) in [5.41, 5.74) is 1.65. The number of hydrogen-bond acceptors (Lipinski definition) is 3. The molecule has 0 aliphatic carbocycles. The van der Waals surface area contributed by atoms with E-state index in [-0.39, 0.29) is 5.56 Å². The van der Waals surface area contributed by atoms with Crippen molar-refractivity contribution in [2.75, 3.05) is 0 Å². The summed E-state index contributed by atoms with van der Waals surface area (Å²) in [6.45, 7) is 0. The minimum Gasteiger partial charge on any atom is -0.463 e. The first kappa shape index (κ1) is 14.3. The van der Waals surface area contributed by atoms with Crippen LogP contribution in [0.25, 0.3) is 28.3 Å². The third-order valence-electron chi connectivity index (χ3n) is 3.64. The molecule has 6 heteroatoms. The van der Waals surface area contributed by atoms with Crippen LogP contribution in [-0.4, -0.2) is 14.5 Å². The maximum absolute atomic E-state index is 13.9. The number of hydrogen-bond donors (Lipinski definition) is 0. The van der Waals surface area contributed by atoms with Crippen LogP contribution in [0, 0.1) is 11.8 Å². The van der Waals surface area contributed by atoms with E-state index in [1.807, 2.05) is 12.1 Å². The summed E-state index contributed by atoms with van der Waals surface area (Å²) in [5.74, 6) is -0.843. The van der Waals surface area contributed by atoms with Crippen molar-refractivity contribution >= 4 is 0 Å². The van der Waals surface area contributed by atoms with Crippen LogP contribution in [0.2, 0.25) is 0 Å². The number of furan rings is 1. The van der Waals surface area contributed by atoms with Gasteiger partial charge < -0.3 is 8.98 Å². The fourth-order valence-corrected chi connectivity index (χ4v) is 2.51. The van der Waals surface area contributed by atoms with Crippen LogP contribution in [0.15, 0.2) is 71.9 Å². The molecule has 1 aromatic carbocycles. The highest BCUT2D eigenvalue weighted by atomic mass is 19.1. The van der Waals surface area contributed by atoms with Gasteiger partial charge in [0.1, 0.15) is 17.8 Å². The lowest BCUT2D eigenvalue weighted by Gasteiger charge is -2.07. The molecule has 0 radical (unpaired) electrons. The molecular weight excluding hydrogens is 312 g/mol.